The van der Waals surface area contributed by atoms with Crippen LogP contribution in [0.1, 0.15) is 57.8 Å². The second kappa shape index (κ2) is 8.98. The lowest BCUT2D eigenvalue weighted by atomic mass is 9.83. The zero-order valence-electron chi connectivity index (χ0n) is 17.6. The molecule has 6 nitrogen and oxygen atoms in total. The fraction of sp³-hybridized carbons (Fsp3) is 0.619. The zero-order valence-corrected chi connectivity index (χ0v) is 19.8. The lowest BCUT2D eigenvalue weighted by molar-refractivity contribution is -0.0368. The summed E-state index contributed by atoms with van der Waals surface area (Å²) < 4.78 is 12.0. The number of nitrogens with zero attached hydrogens (tertiary/aromatic N) is 1. The molecule has 1 amide bonds. The van der Waals surface area contributed by atoms with Crippen LogP contribution in [0.15, 0.2) is 18.2 Å². The van der Waals surface area contributed by atoms with Crippen molar-refractivity contribution in [1.82, 2.24) is 5.32 Å². The van der Waals surface area contributed by atoms with Crippen molar-refractivity contribution in [3.8, 4) is 0 Å². The van der Waals surface area contributed by atoms with Gasteiger partial charge >= 0.3 is 12.1 Å². The van der Waals surface area contributed by atoms with Crippen molar-refractivity contribution < 1.29 is 19.1 Å². The van der Waals surface area contributed by atoms with E-state index in [1.165, 1.54) is 4.90 Å². The molecule has 1 aliphatic rings. The van der Waals surface area contributed by atoms with Gasteiger partial charge in [-0.25, -0.2) is 9.59 Å². The fourth-order valence-electron chi connectivity index (χ4n) is 3.23. The van der Waals surface area contributed by atoms with Gasteiger partial charge in [-0.15, -0.1) is 0 Å². The van der Waals surface area contributed by atoms with Gasteiger partial charge in [0.1, 0.15) is 11.2 Å². The highest BCUT2D eigenvalue weighted by molar-refractivity contribution is 14.1. The van der Waals surface area contributed by atoms with Gasteiger partial charge in [0.25, 0.3) is 0 Å². The van der Waals surface area contributed by atoms with E-state index in [1.807, 2.05) is 34.6 Å². The van der Waals surface area contributed by atoms with Gasteiger partial charge in [0, 0.05) is 16.5 Å². The van der Waals surface area contributed by atoms with Gasteiger partial charge in [0.2, 0.25) is 0 Å². The summed E-state index contributed by atoms with van der Waals surface area (Å²) in [6, 6.07) is 5.19. The number of esters is 1. The molecule has 1 heterocycles. The average Bonchev–Trinajstić information content (AvgIpc) is 2.60. The number of benzene rings is 1. The third-order valence-electron chi connectivity index (χ3n) is 4.89. The maximum absolute atomic E-state index is 12.7. The maximum Gasteiger partial charge on any atom is 0.414 e. The van der Waals surface area contributed by atoms with Crippen molar-refractivity contribution in [2.75, 3.05) is 25.0 Å². The van der Waals surface area contributed by atoms with E-state index in [1.54, 1.807) is 25.2 Å². The average molecular weight is 502 g/mol. The molecule has 1 fully saturated rings. The van der Waals surface area contributed by atoms with E-state index in [2.05, 4.69) is 27.9 Å². The quantitative estimate of drug-likeness (QED) is 0.482. The Labute approximate surface area is 181 Å². The van der Waals surface area contributed by atoms with Crippen molar-refractivity contribution in [3.05, 3.63) is 27.3 Å². The van der Waals surface area contributed by atoms with Crippen LogP contribution in [0, 0.1) is 9.49 Å². The van der Waals surface area contributed by atoms with Crippen LogP contribution in [0.25, 0.3) is 0 Å². The molecule has 1 saturated heterocycles. The van der Waals surface area contributed by atoms with E-state index in [9.17, 15) is 9.59 Å². The fourth-order valence-corrected chi connectivity index (χ4v) is 4.11. The first kappa shape index (κ1) is 22.9. The third-order valence-corrected chi connectivity index (χ3v) is 5.75. The Morgan fingerprint density at radius 1 is 1.11 bits per heavy atom. The molecule has 2 rings (SSSR count). The summed E-state index contributed by atoms with van der Waals surface area (Å²) in [5, 5.41) is 3.34. The molecule has 0 aromatic heterocycles. The molecule has 7 heteroatoms. The van der Waals surface area contributed by atoms with Crippen molar-refractivity contribution in [2.24, 2.45) is 5.92 Å². The van der Waals surface area contributed by atoms with Crippen LogP contribution in [0.3, 0.4) is 0 Å². The third kappa shape index (κ3) is 6.07. The number of hydrogen-bond acceptors (Lipinski definition) is 5. The van der Waals surface area contributed by atoms with Crippen molar-refractivity contribution in [2.45, 2.75) is 58.7 Å². The molecule has 0 bridgehead atoms. The van der Waals surface area contributed by atoms with Gasteiger partial charge in [-0.1, -0.05) is 0 Å². The molecule has 0 unspecified atom stereocenters. The van der Waals surface area contributed by atoms with E-state index < -0.39 is 17.3 Å². The summed E-state index contributed by atoms with van der Waals surface area (Å²) in [6.07, 6.45) is 1.56. The molecular weight excluding hydrogens is 471 g/mol. The number of nitrogens with one attached hydrogen (secondary N) is 1. The summed E-state index contributed by atoms with van der Waals surface area (Å²) in [6.45, 7) is 11.4. The number of amides is 1. The van der Waals surface area contributed by atoms with Crippen LogP contribution in [-0.2, 0) is 9.47 Å². The molecule has 1 aromatic rings. The molecule has 156 valence electrons. The number of piperidine rings is 1. The first-order valence-electron chi connectivity index (χ1n) is 9.61. The van der Waals surface area contributed by atoms with Gasteiger partial charge in [0.15, 0.2) is 0 Å². The summed E-state index contributed by atoms with van der Waals surface area (Å²) in [5.74, 6) is 0.00210. The SMILES string of the molecule is CN(C(=O)OC(C)(C)C)c1ccc(C(=O)OC(C)(C)C2CCNCC2)cc1I. The highest BCUT2D eigenvalue weighted by Crippen LogP contribution is 2.31. The Bertz CT molecular complexity index is 722. The number of ether oxygens (including phenoxy) is 2. The number of anilines is 1. The van der Waals surface area contributed by atoms with E-state index >= 15 is 0 Å². The highest BCUT2D eigenvalue weighted by atomic mass is 127. The van der Waals surface area contributed by atoms with Gasteiger partial charge in [0.05, 0.1) is 11.3 Å². The summed E-state index contributed by atoms with van der Waals surface area (Å²) in [4.78, 5) is 26.5. The number of carbonyl (C=O) groups excluding carboxylic acids is 2. The van der Waals surface area contributed by atoms with Crippen molar-refractivity contribution >= 4 is 40.3 Å². The van der Waals surface area contributed by atoms with Crippen LogP contribution in [0.5, 0.6) is 0 Å². The largest absolute Gasteiger partial charge is 0.456 e. The monoisotopic (exact) mass is 502 g/mol. The molecule has 0 atom stereocenters. The molecule has 0 radical (unpaired) electrons. The molecule has 1 N–H and O–H groups in total. The first-order chi connectivity index (χ1) is 12.9. The normalized spacial score (nSPS) is 15.8. The topological polar surface area (TPSA) is 67.9 Å². The van der Waals surface area contributed by atoms with Gasteiger partial charge in [-0.05, 0) is 101 Å². The second-order valence-corrected chi connectivity index (χ2v) is 9.88. The summed E-state index contributed by atoms with van der Waals surface area (Å²) in [7, 11) is 1.66. The Morgan fingerprint density at radius 2 is 1.71 bits per heavy atom. The van der Waals surface area contributed by atoms with Crippen LogP contribution in [0.2, 0.25) is 0 Å². The first-order valence-corrected chi connectivity index (χ1v) is 10.7. The summed E-state index contributed by atoms with van der Waals surface area (Å²) in [5.41, 5.74) is 0.0777. The van der Waals surface area contributed by atoms with E-state index in [0.29, 0.717) is 17.2 Å². The number of hydrogen-bond donors (Lipinski definition) is 1. The minimum absolute atomic E-state index is 0.340. The number of halogens is 1. The minimum atomic E-state index is -0.569. The Balaban J connectivity index is 2.10. The molecule has 28 heavy (non-hydrogen) atoms. The van der Waals surface area contributed by atoms with Gasteiger partial charge in [-0.2, -0.15) is 0 Å². The zero-order chi connectivity index (χ0) is 21.1. The molecule has 1 aromatic carbocycles. The van der Waals surface area contributed by atoms with Gasteiger partial charge in [-0.3, -0.25) is 4.90 Å². The van der Waals surface area contributed by atoms with E-state index in [0.717, 1.165) is 29.5 Å². The summed E-state index contributed by atoms with van der Waals surface area (Å²) >= 11 is 2.12. The van der Waals surface area contributed by atoms with E-state index in [-0.39, 0.29) is 5.97 Å². The maximum atomic E-state index is 12.7. The number of rotatable bonds is 4. The lowest BCUT2D eigenvalue weighted by Crippen LogP contribution is -2.42. The van der Waals surface area contributed by atoms with Crippen LogP contribution in [-0.4, -0.2) is 43.4 Å². The van der Waals surface area contributed by atoms with E-state index in [4.69, 9.17) is 9.47 Å². The van der Waals surface area contributed by atoms with Crippen LogP contribution >= 0.6 is 22.6 Å². The standard InChI is InChI=1S/C21H31IN2O4/c1-20(2,3)28-19(26)24(6)17-8-7-14(13-16(17)22)18(25)27-21(4,5)15-9-11-23-12-10-15/h7-8,13,15,23H,9-12H2,1-6H3. The van der Waals surface area contributed by atoms with Crippen LogP contribution in [0.4, 0.5) is 10.5 Å². The Morgan fingerprint density at radius 3 is 2.25 bits per heavy atom. The highest BCUT2D eigenvalue weighted by Gasteiger charge is 2.34. The molecule has 1 aliphatic heterocycles. The second-order valence-electron chi connectivity index (χ2n) is 8.72. The van der Waals surface area contributed by atoms with Crippen molar-refractivity contribution in [3.63, 3.8) is 0 Å². The lowest BCUT2D eigenvalue weighted by Gasteiger charge is -2.36. The molecule has 0 aliphatic carbocycles. The predicted octanol–water partition coefficient (Wildman–Crippen LogP) is 4.60. The predicted molar refractivity (Wildman–Crippen MR) is 119 cm³/mol. The molecule has 0 spiro atoms. The minimum Gasteiger partial charge on any atom is -0.456 e. The van der Waals surface area contributed by atoms with Crippen molar-refractivity contribution in [1.29, 1.82) is 0 Å². The van der Waals surface area contributed by atoms with Gasteiger partial charge < -0.3 is 14.8 Å². The Kier molecular flexibility index (Phi) is 7.36. The molecule has 0 saturated carbocycles. The smallest absolute Gasteiger partial charge is 0.414 e. The number of carbonyl (C=O) groups is 2. The Hall–Kier alpha value is -1.35. The van der Waals surface area contributed by atoms with Crippen LogP contribution < -0.4 is 10.2 Å². The molecular formula is C21H31IN2O4.